The molecule has 1 unspecified atom stereocenters. The maximum atomic E-state index is 13.3. The second kappa shape index (κ2) is 4.80. The molecule has 16 heavy (non-hydrogen) atoms. The average molecular weight is 229 g/mol. The number of ether oxygens (including phenoxy) is 1. The van der Waals surface area contributed by atoms with E-state index in [1.807, 2.05) is 0 Å². The van der Waals surface area contributed by atoms with Crippen molar-refractivity contribution >= 4 is 5.97 Å². The molecule has 0 aromatic heterocycles. The van der Waals surface area contributed by atoms with Crippen molar-refractivity contribution in [2.24, 2.45) is 5.73 Å². The quantitative estimate of drug-likeness (QED) is 0.698. The Labute approximate surface area is 91.3 Å². The van der Waals surface area contributed by atoms with Crippen LogP contribution < -0.4 is 10.5 Å². The largest absolute Gasteiger partial charge is 0.504 e. The van der Waals surface area contributed by atoms with Crippen LogP contribution >= 0.6 is 0 Å². The number of hydrogen-bond acceptors (Lipinski definition) is 4. The van der Waals surface area contributed by atoms with Crippen molar-refractivity contribution in [1.82, 2.24) is 0 Å². The van der Waals surface area contributed by atoms with Gasteiger partial charge in [0, 0.05) is 12.0 Å². The van der Waals surface area contributed by atoms with Crippen LogP contribution in [0.5, 0.6) is 11.5 Å². The van der Waals surface area contributed by atoms with Gasteiger partial charge in [0.15, 0.2) is 11.5 Å². The number of phenols is 1. The Morgan fingerprint density at radius 3 is 2.75 bits per heavy atom. The van der Waals surface area contributed by atoms with Gasteiger partial charge in [-0.2, -0.15) is 0 Å². The third kappa shape index (κ3) is 2.40. The zero-order chi connectivity index (χ0) is 12.3. The van der Waals surface area contributed by atoms with Gasteiger partial charge in [-0.1, -0.05) is 0 Å². The number of nitrogens with two attached hydrogens (primary N) is 1. The second-order valence-electron chi connectivity index (χ2n) is 3.23. The molecule has 0 aliphatic carbocycles. The van der Waals surface area contributed by atoms with E-state index < -0.39 is 23.6 Å². The van der Waals surface area contributed by atoms with Gasteiger partial charge in [0.25, 0.3) is 0 Å². The SMILES string of the molecule is COc1ccc(F)c(CC(N)C(=O)O)c1O. The van der Waals surface area contributed by atoms with Gasteiger partial charge in [-0.05, 0) is 12.1 Å². The summed E-state index contributed by atoms with van der Waals surface area (Å²) in [6, 6.07) is 1.07. The van der Waals surface area contributed by atoms with Crippen LogP contribution in [0.4, 0.5) is 4.39 Å². The minimum atomic E-state index is -1.27. The number of carboxylic acids is 1. The fourth-order valence-electron chi connectivity index (χ4n) is 1.26. The first kappa shape index (κ1) is 12.3. The molecule has 1 atom stereocenters. The van der Waals surface area contributed by atoms with Gasteiger partial charge in [-0.25, -0.2) is 4.39 Å². The number of aromatic hydroxyl groups is 1. The maximum absolute atomic E-state index is 13.3. The molecule has 88 valence electrons. The Balaban J connectivity index is 3.07. The zero-order valence-corrected chi connectivity index (χ0v) is 8.61. The molecule has 0 amide bonds. The molecule has 0 spiro atoms. The van der Waals surface area contributed by atoms with Gasteiger partial charge < -0.3 is 20.7 Å². The summed E-state index contributed by atoms with van der Waals surface area (Å²) in [4.78, 5) is 10.5. The molecule has 0 saturated carbocycles. The molecular formula is C10H12FNO4. The van der Waals surface area contributed by atoms with Crippen molar-refractivity contribution in [3.05, 3.63) is 23.5 Å². The van der Waals surface area contributed by atoms with Crippen molar-refractivity contribution < 1.29 is 24.1 Å². The van der Waals surface area contributed by atoms with E-state index in [4.69, 9.17) is 15.6 Å². The maximum Gasteiger partial charge on any atom is 0.320 e. The minimum Gasteiger partial charge on any atom is -0.504 e. The van der Waals surface area contributed by atoms with E-state index in [9.17, 15) is 14.3 Å². The number of benzene rings is 1. The van der Waals surface area contributed by atoms with Crippen LogP contribution in [0.15, 0.2) is 12.1 Å². The summed E-state index contributed by atoms with van der Waals surface area (Å²) < 4.78 is 18.1. The van der Waals surface area contributed by atoms with Crippen LogP contribution in [-0.2, 0) is 11.2 Å². The summed E-state index contributed by atoms with van der Waals surface area (Å²) in [5, 5.41) is 18.2. The first-order chi connectivity index (χ1) is 7.47. The van der Waals surface area contributed by atoms with Crippen molar-refractivity contribution in [2.75, 3.05) is 7.11 Å². The molecule has 1 aromatic rings. The third-order valence-electron chi connectivity index (χ3n) is 2.15. The van der Waals surface area contributed by atoms with Crippen LogP contribution in [-0.4, -0.2) is 29.3 Å². The number of hydrogen-bond donors (Lipinski definition) is 3. The van der Waals surface area contributed by atoms with E-state index in [1.165, 1.54) is 13.2 Å². The summed E-state index contributed by atoms with van der Waals surface area (Å²) in [7, 11) is 1.31. The summed E-state index contributed by atoms with van der Waals surface area (Å²) in [6.07, 6.45) is -0.301. The number of rotatable bonds is 4. The van der Waals surface area contributed by atoms with Crippen molar-refractivity contribution in [3.8, 4) is 11.5 Å². The van der Waals surface area contributed by atoms with E-state index in [1.54, 1.807) is 0 Å². The molecule has 0 aliphatic heterocycles. The van der Waals surface area contributed by atoms with Crippen LogP contribution in [0.3, 0.4) is 0 Å². The molecule has 5 nitrogen and oxygen atoms in total. The lowest BCUT2D eigenvalue weighted by Crippen LogP contribution is -2.32. The molecule has 0 fully saturated rings. The number of carbonyl (C=O) groups is 1. The number of phenolic OH excluding ortho intramolecular Hbond substituents is 1. The smallest absolute Gasteiger partial charge is 0.320 e. The summed E-state index contributed by atoms with van der Waals surface area (Å²) in [5.74, 6) is -2.31. The Hall–Kier alpha value is -1.82. The van der Waals surface area contributed by atoms with E-state index in [2.05, 4.69) is 0 Å². The lowest BCUT2D eigenvalue weighted by molar-refractivity contribution is -0.138. The predicted octanol–water partition coefficient (Wildman–Crippen LogP) is 0.494. The van der Waals surface area contributed by atoms with E-state index >= 15 is 0 Å². The molecule has 0 saturated heterocycles. The van der Waals surface area contributed by atoms with Crippen molar-refractivity contribution in [3.63, 3.8) is 0 Å². The van der Waals surface area contributed by atoms with Gasteiger partial charge in [-0.15, -0.1) is 0 Å². The highest BCUT2D eigenvalue weighted by molar-refractivity contribution is 5.73. The summed E-state index contributed by atoms with van der Waals surface area (Å²) >= 11 is 0. The Morgan fingerprint density at radius 1 is 1.62 bits per heavy atom. The van der Waals surface area contributed by atoms with Gasteiger partial charge in [-0.3, -0.25) is 4.79 Å². The molecular weight excluding hydrogens is 217 g/mol. The van der Waals surface area contributed by atoms with Crippen LogP contribution in [0.2, 0.25) is 0 Å². The first-order valence-electron chi connectivity index (χ1n) is 4.50. The normalized spacial score (nSPS) is 12.2. The second-order valence-corrected chi connectivity index (χ2v) is 3.23. The van der Waals surface area contributed by atoms with E-state index in [0.29, 0.717) is 0 Å². The van der Waals surface area contributed by atoms with E-state index in [-0.39, 0.29) is 17.7 Å². The summed E-state index contributed by atoms with van der Waals surface area (Å²) in [6.45, 7) is 0. The van der Waals surface area contributed by atoms with Crippen LogP contribution in [0.25, 0.3) is 0 Å². The number of carboxylic acid groups (broad SMARTS) is 1. The molecule has 1 aromatic carbocycles. The van der Waals surface area contributed by atoms with Gasteiger partial charge in [0.2, 0.25) is 0 Å². The third-order valence-corrected chi connectivity index (χ3v) is 2.15. The first-order valence-corrected chi connectivity index (χ1v) is 4.50. The Bertz CT molecular complexity index is 408. The molecule has 4 N–H and O–H groups in total. The molecule has 0 heterocycles. The fourth-order valence-corrected chi connectivity index (χ4v) is 1.26. The van der Waals surface area contributed by atoms with Crippen LogP contribution in [0, 0.1) is 5.82 Å². The average Bonchev–Trinajstić information content (AvgIpc) is 2.24. The molecule has 0 aliphatic rings. The molecule has 0 radical (unpaired) electrons. The highest BCUT2D eigenvalue weighted by Crippen LogP contribution is 2.32. The fraction of sp³-hybridized carbons (Fsp3) is 0.300. The topological polar surface area (TPSA) is 92.8 Å². The Morgan fingerprint density at radius 2 is 2.25 bits per heavy atom. The molecule has 1 rings (SSSR count). The van der Waals surface area contributed by atoms with Gasteiger partial charge in [0.05, 0.1) is 7.11 Å². The zero-order valence-electron chi connectivity index (χ0n) is 8.61. The van der Waals surface area contributed by atoms with Crippen molar-refractivity contribution in [2.45, 2.75) is 12.5 Å². The lowest BCUT2D eigenvalue weighted by atomic mass is 10.0. The number of methoxy groups -OCH3 is 1. The highest BCUT2D eigenvalue weighted by atomic mass is 19.1. The lowest BCUT2D eigenvalue weighted by Gasteiger charge is -2.11. The van der Waals surface area contributed by atoms with Gasteiger partial charge >= 0.3 is 5.97 Å². The minimum absolute atomic E-state index is 0.0778. The Kier molecular flexibility index (Phi) is 3.68. The van der Waals surface area contributed by atoms with E-state index in [0.717, 1.165) is 6.07 Å². The van der Waals surface area contributed by atoms with Crippen LogP contribution in [0.1, 0.15) is 5.56 Å². The number of aliphatic carboxylic acids is 1. The van der Waals surface area contributed by atoms with Crippen molar-refractivity contribution in [1.29, 1.82) is 0 Å². The molecule has 0 bridgehead atoms. The molecule has 6 heteroatoms. The van der Waals surface area contributed by atoms with Gasteiger partial charge in [0.1, 0.15) is 11.9 Å². The monoisotopic (exact) mass is 229 g/mol. The standard InChI is InChI=1S/C10H12FNO4/c1-16-8-3-2-6(11)5(9(8)13)4-7(12)10(14)15/h2-3,7,13H,4,12H2,1H3,(H,14,15). The summed E-state index contributed by atoms with van der Waals surface area (Å²) in [5.41, 5.74) is 5.10. The highest BCUT2D eigenvalue weighted by Gasteiger charge is 2.19. The number of halogens is 1. The predicted molar refractivity (Wildman–Crippen MR) is 53.9 cm³/mol.